The van der Waals surface area contributed by atoms with Gasteiger partial charge in [0.1, 0.15) is 24.2 Å². The van der Waals surface area contributed by atoms with Crippen LogP contribution in [0.3, 0.4) is 0 Å². The minimum atomic E-state index is -4.13. The summed E-state index contributed by atoms with van der Waals surface area (Å²) in [7, 11) is -2.40. The van der Waals surface area contributed by atoms with Crippen molar-refractivity contribution in [2.24, 2.45) is 5.92 Å². The summed E-state index contributed by atoms with van der Waals surface area (Å²) in [6.07, 6.45) is 6.83. The first-order chi connectivity index (χ1) is 24.4. The molecule has 276 valence electrons. The van der Waals surface area contributed by atoms with Gasteiger partial charge < -0.3 is 19.3 Å². The van der Waals surface area contributed by atoms with E-state index in [0.717, 1.165) is 48.8 Å². The van der Waals surface area contributed by atoms with Crippen molar-refractivity contribution >= 4 is 39.1 Å². The van der Waals surface area contributed by atoms with Crippen LogP contribution in [-0.2, 0) is 38.1 Å². The molecule has 2 fully saturated rings. The van der Waals surface area contributed by atoms with E-state index in [4.69, 9.17) is 21.1 Å². The van der Waals surface area contributed by atoms with E-state index in [2.05, 4.69) is 9.62 Å². The number of rotatable bonds is 2. The first kappa shape index (κ1) is 36.2. The minimum absolute atomic E-state index is 0.0499. The number of anilines is 1. The first-order valence-electron chi connectivity index (χ1n) is 18.3. The second-order valence-corrected chi connectivity index (χ2v) is 17.4. The first-order valence-corrected chi connectivity index (χ1v) is 20.2. The van der Waals surface area contributed by atoms with E-state index >= 15 is 4.39 Å². The van der Waals surface area contributed by atoms with Crippen LogP contribution in [0.1, 0.15) is 85.8 Å². The van der Waals surface area contributed by atoms with Crippen molar-refractivity contribution in [1.82, 2.24) is 14.5 Å². The molecule has 2 aromatic carbocycles. The van der Waals surface area contributed by atoms with Gasteiger partial charge in [-0.15, -0.1) is 0 Å². The highest BCUT2D eigenvalue weighted by Gasteiger charge is 2.52. The summed E-state index contributed by atoms with van der Waals surface area (Å²) in [5, 5.41) is -0.439. The molecule has 13 heteroatoms. The summed E-state index contributed by atoms with van der Waals surface area (Å²) in [6.45, 7) is 5.90. The highest BCUT2D eigenvalue weighted by molar-refractivity contribution is 7.90. The number of likely N-dealkylation sites (N-methyl/N-ethyl adjacent to an activating group) is 1. The Labute approximate surface area is 305 Å². The van der Waals surface area contributed by atoms with Gasteiger partial charge in [0.15, 0.2) is 0 Å². The summed E-state index contributed by atoms with van der Waals surface area (Å²) >= 11 is 6.92. The van der Waals surface area contributed by atoms with Crippen molar-refractivity contribution in [3.8, 4) is 5.75 Å². The monoisotopic (exact) mass is 742 g/mol. The van der Waals surface area contributed by atoms with Gasteiger partial charge in [-0.1, -0.05) is 24.6 Å². The molecule has 1 spiro atoms. The lowest BCUT2D eigenvalue weighted by atomic mass is 9.79. The van der Waals surface area contributed by atoms with Gasteiger partial charge >= 0.3 is 0 Å². The third kappa shape index (κ3) is 6.77. The maximum Gasteiger partial charge on any atom is 0.264 e. The molecule has 2 amide bonds. The van der Waals surface area contributed by atoms with Crippen molar-refractivity contribution in [2.45, 2.75) is 94.7 Å². The van der Waals surface area contributed by atoms with Crippen LogP contribution in [0.15, 0.2) is 42.2 Å². The number of sulfonamides is 1. The van der Waals surface area contributed by atoms with Crippen LogP contribution in [0.5, 0.6) is 5.75 Å². The lowest BCUT2D eigenvalue weighted by Gasteiger charge is -2.47. The number of halogens is 2. The van der Waals surface area contributed by atoms with Crippen molar-refractivity contribution in [3.05, 3.63) is 69.5 Å². The Hall–Kier alpha value is -3.19. The molecule has 2 saturated heterocycles. The Morgan fingerprint density at radius 1 is 1.12 bits per heavy atom. The number of hydrogen-bond acceptors (Lipinski definition) is 8. The van der Waals surface area contributed by atoms with Gasteiger partial charge in [-0.2, -0.15) is 0 Å². The van der Waals surface area contributed by atoms with E-state index in [1.807, 2.05) is 17.0 Å². The lowest BCUT2D eigenvalue weighted by molar-refractivity contribution is -0.141. The fraction of sp³-hybridized carbons (Fsp3) is 0.579. The van der Waals surface area contributed by atoms with Crippen LogP contribution in [0.2, 0.25) is 5.02 Å². The molecule has 1 unspecified atom stereocenters. The number of ether oxygens (including phenoxy) is 2. The van der Waals surface area contributed by atoms with Crippen molar-refractivity contribution in [1.29, 1.82) is 0 Å². The zero-order valence-corrected chi connectivity index (χ0v) is 31.2. The normalized spacial score (nSPS) is 30.7. The number of amides is 2. The zero-order valence-electron chi connectivity index (χ0n) is 29.6. The average molecular weight is 743 g/mol. The Morgan fingerprint density at radius 2 is 1.94 bits per heavy atom. The third-order valence-corrected chi connectivity index (χ3v) is 14.0. The van der Waals surface area contributed by atoms with Crippen LogP contribution in [0.25, 0.3) is 0 Å². The number of nitrogens with zero attached hydrogens (tertiary/aromatic N) is 3. The summed E-state index contributed by atoms with van der Waals surface area (Å²) in [5.41, 5.74) is 2.98. The number of benzene rings is 2. The molecule has 0 aliphatic carbocycles. The number of nitrogens with one attached hydrogen (secondary N) is 1. The molecule has 5 heterocycles. The molecule has 0 aromatic heterocycles. The third-order valence-electron chi connectivity index (χ3n) is 11.9. The highest BCUT2D eigenvalue weighted by Crippen LogP contribution is 2.49. The van der Waals surface area contributed by atoms with Crippen molar-refractivity contribution in [3.63, 3.8) is 0 Å². The van der Waals surface area contributed by atoms with Gasteiger partial charge in [-0.05, 0) is 111 Å². The van der Waals surface area contributed by atoms with Crippen molar-refractivity contribution < 1.29 is 31.9 Å². The van der Waals surface area contributed by atoms with Gasteiger partial charge in [0, 0.05) is 43.9 Å². The topological polar surface area (TPSA) is 108 Å². The van der Waals surface area contributed by atoms with Crippen LogP contribution in [-0.4, -0.2) is 87.3 Å². The van der Waals surface area contributed by atoms with E-state index in [9.17, 15) is 18.0 Å². The molecule has 0 saturated carbocycles. The number of carbonyl (C=O) groups excluding carboxylic acids is 2. The predicted octanol–water partition coefficient (Wildman–Crippen LogP) is 5.71. The average Bonchev–Trinajstić information content (AvgIpc) is 3.53. The number of hydrogen-bond donors (Lipinski definition) is 1. The Morgan fingerprint density at radius 3 is 2.73 bits per heavy atom. The molecule has 7 rings (SSSR count). The van der Waals surface area contributed by atoms with Crippen LogP contribution in [0, 0.1) is 5.92 Å². The molecule has 10 nitrogen and oxygen atoms in total. The zero-order chi connectivity index (χ0) is 36.1. The highest BCUT2D eigenvalue weighted by atomic mass is 35.5. The summed E-state index contributed by atoms with van der Waals surface area (Å²) < 4.78 is 58.8. The van der Waals surface area contributed by atoms with Gasteiger partial charge in [0.2, 0.25) is 15.9 Å². The van der Waals surface area contributed by atoms with E-state index in [1.54, 1.807) is 37.1 Å². The molecule has 5 atom stereocenters. The van der Waals surface area contributed by atoms with Gasteiger partial charge in [-0.3, -0.25) is 14.5 Å². The second-order valence-electron chi connectivity index (χ2n) is 15.0. The fourth-order valence-electron chi connectivity index (χ4n) is 8.71. The largest absolute Gasteiger partial charge is 0.487 e. The molecular weight excluding hydrogens is 695 g/mol. The molecule has 2 aromatic rings. The second kappa shape index (κ2) is 14.3. The Bertz CT molecular complexity index is 1830. The summed E-state index contributed by atoms with van der Waals surface area (Å²) in [4.78, 5) is 34.3. The van der Waals surface area contributed by atoms with E-state index in [-0.39, 0.29) is 30.5 Å². The van der Waals surface area contributed by atoms with Crippen LogP contribution >= 0.6 is 11.6 Å². The van der Waals surface area contributed by atoms with E-state index in [0.29, 0.717) is 62.1 Å². The van der Waals surface area contributed by atoms with E-state index < -0.39 is 44.5 Å². The lowest BCUT2D eigenvalue weighted by Crippen LogP contribution is -2.60. The molecular formula is C38H48ClFN4O6S. The molecule has 0 radical (unpaired) electrons. The number of allylic oxidation sites excluding steroid dienone is 1. The molecule has 1 N–H and O–H groups in total. The minimum Gasteiger partial charge on any atom is -0.487 e. The number of carbonyl (C=O) groups is 2. The maximum absolute atomic E-state index is 17.3. The van der Waals surface area contributed by atoms with Gasteiger partial charge in [0.05, 0.1) is 29.1 Å². The van der Waals surface area contributed by atoms with E-state index in [1.165, 1.54) is 13.0 Å². The predicted molar refractivity (Wildman–Crippen MR) is 194 cm³/mol. The van der Waals surface area contributed by atoms with Gasteiger partial charge in [-0.25, -0.2) is 17.5 Å². The molecule has 5 aliphatic rings. The summed E-state index contributed by atoms with van der Waals surface area (Å²) in [6, 6.07) is 7.54. The van der Waals surface area contributed by atoms with Gasteiger partial charge in [0.25, 0.3) is 5.91 Å². The molecule has 7 bridgehead atoms. The van der Waals surface area contributed by atoms with Crippen LogP contribution in [0.4, 0.5) is 10.1 Å². The Balaban J connectivity index is 1.47. The van der Waals surface area contributed by atoms with Crippen molar-refractivity contribution in [2.75, 3.05) is 44.8 Å². The molecule has 5 aliphatic heterocycles. The number of aryl methyl sites for hydroxylation is 1. The SMILES string of the molecule is C[C@@H]1[C@@H](C)C/C=C(\F)[C@H](C(=O)N(C)C2CCCOC2)N2CCC[C@@]23CN2CCCCc4cc(Cl)cc3c4COc3ccc(cc32)C(=O)NS1(=O)=O. The standard InChI is InChI=1S/C38H48ClFN4O6S/c1-24-10-12-32(40)35(37(46)42(3)29-9-6-17-49-21-29)44-16-7-14-38(44)23-43-15-5-4-8-26-18-28(39)20-31(38)30(26)22-50-34-13-11-27(19-33(34)43)36(45)41-51(47,48)25(24)2/h11-13,18-20,24-25,29,35H,4-10,14-17,21-23H2,1-3H3,(H,41,45)/b32-12-/t24-,25+,29?,35+,38-/m0/s1. The smallest absolute Gasteiger partial charge is 0.264 e. The van der Waals surface area contributed by atoms with Crippen LogP contribution < -0.4 is 14.4 Å². The fourth-order valence-corrected chi connectivity index (χ4v) is 10.2. The Kier molecular flexibility index (Phi) is 10.2. The maximum atomic E-state index is 17.3. The number of fused-ring (bicyclic) bond motifs is 1. The summed E-state index contributed by atoms with van der Waals surface area (Å²) in [5.74, 6) is -1.71. The molecule has 51 heavy (non-hydrogen) atoms. The quantitative estimate of drug-likeness (QED) is 0.417.